The number of aryl methyl sites for hydroxylation is 1. The molecule has 1 unspecified atom stereocenters. The average molecular weight is 432 g/mol. The van der Waals surface area contributed by atoms with Crippen molar-refractivity contribution in [3.05, 3.63) is 70.4 Å². The molecule has 0 bridgehead atoms. The average Bonchev–Trinajstić information content (AvgIpc) is 3.51. The van der Waals surface area contributed by atoms with Crippen LogP contribution < -0.4 is 0 Å². The molecule has 7 nitrogen and oxygen atoms in total. The van der Waals surface area contributed by atoms with Crippen LogP contribution in [0, 0.1) is 6.92 Å². The first kappa shape index (κ1) is 19.6. The number of hydrogen-bond acceptors (Lipinski definition) is 7. The van der Waals surface area contributed by atoms with Crippen molar-refractivity contribution in [2.24, 2.45) is 0 Å². The SMILES string of the molecule is Cc1cc(-c2cnc(-c3ccccn3)nc2C2CCCN(C(=O)c3cccs3)C2)on1. The molecule has 1 atom stereocenters. The van der Waals surface area contributed by atoms with Crippen LogP contribution >= 0.6 is 11.3 Å². The number of rotatable bonds is 4. The first-order valence-corrected chi connectivity index (χ1v) is 11.1. The van der Waals surface area contributed by atoms with Crippen molar-refractivity contribution >= 4 is 17.2 Å². The number of carbonyl (C=O) groups excluding carboxylic acids is 1. The molecule has 0 spiro atoms. The number of nitrogens with zero attached hydrogens (tertiary/aromatic N) is 5. The van der Waals surface area contributed by atoms with Gasteiger partial charge in [0.05, 0.1) is 21.8 Å². The Balaban J connectivity index is 1.53. The summed E-state index contributed by atoms with van der Waals surface area (Å²) >= 11 is 1.48. The number of carbonyl (C=O) groups is 1. The van der Waals surface area contributed by atoms with E-state index in [0.717, 1.165) is 41.2 Å². The quantitative estimate of drug-likeness (QED) is 0.470. The maximum absolute atomic E-state index is 12.9. The van der Waals surface area contributed by atoms with Crippen LogP contribution in [0.4, 0.5) is 0 Å². The normalized spacial score (nSPS) is 16.4. The maximum atomic E-state index is 12.9. The molecule has 8 heteroatoms. The predicted octanol–water partition coefficient (Wildman–Crippen LogP) is 4.58. The number of pyridine rings is 1. The molecule has 1 saturated heterocycles. The molecular formula is C23H21N5O2S. The number of aromatic nitrogens is 4. The van der Waals surface area contributed by atoms with Crippen LogP contribution in [0.2, 0.25) is 0 Å². The monoisotopic (exact) mass is 431 g/mol. The van der Waals surface area contributed by atoms with Crippen molar-refractivity contribution in [3.63, 3.8) is 0 Å². The van der Waals surface area contributed by atoms with Crippen LogP contribution in [0.1, 0.15) is 39.8 Å². The summed E-state index contributed by atoms with van der Waals surface area (Å²) < 4.78 is 5.54. The molecule has 4 aromatic rings. The largest absolute Gasteiger partial charge is 0.356 e. The lowest BCUT2D eigenvalue weighted by molar-refractivity contribution is 0.0711. The third-order valence-corrected chi connectivity index (χ3v) is 6.29. The van der Waals surface area contributed by atoms with E-state index in [2.05, 4.69) is 15.1 Å². The number of thiophene rings is 1. The highest BCUT2D eigenvalue weighted by atomic mass is 32.1. The Morgan fingerprint density at radius 3 is 2.90 bits per heavy atom. The summed E-state index contributed by atoms with van der Waals surface area (Å²) in [6, 6.07) is 11.4. The van der Waals surface area contributed by atoms with Gasteiger partial charge in [0.1, 0.15) is 5.69 Å². The van der Waals surface area contributed by atoms with Crippen LogP contribution in [-0.2, 0) is 0 Å². The van der Waals surface area contributed by atoms with E-state index < -0.39 is 0 Å². The second-order valence-electron chi connectivity index (χ2n) is 7.61. The fourth-order valence-corrected chi connectivity index (χ4v) is 4.64. The Morgan fingerprint density at radius 2 is 2.16 bits per heavy atom. The lowest BCUT2D eigenvalue weighted by Crippen LogP contribution is -2.39. The van der Waals surface area contributed by atoms with Gasteiger partial charge in [-0.05, 0) is 43.3 Å². The number of amides is 1. The fraction of sp³-hybridized carbons (Fsp3) is 0.261. The summed E-state index contributed by atoms with van der Waals surface area (Å²) in [7, 11) is 0. The summed E-state index contributed by atoms with van der Waals surface area (Å²) in [4.78, 5) is 29.5. The topological polar surface area (TPSA) is 85.0 Å². The van der Waals surface area contributed by atoms with Crippen LogP contribution in [0.25, 0.3) is 22.8 Å². The van der Waals surface area contributed by atoms with Gasteiger partial charge in [-0.25, -0.2) is 9.97 Å². The zero-order chi connectivity index (χ0) is 21.2. The lowest BCUT2D eigenvalue weighted by atomic mass is 9.91. The molecule has 4 aromatic heterocycles. The van der Waals surface area contributed by atoms with E-state index in [4.69, 9.17) is 9.51 Å². The third-order valence-electron chi connectivity index (χ3n) is 5.43. The third kappa shape index (κ3) is 3.98. The van der Waals surface area contributed by atoms with Gasteiger partial charge in [-0.2, -0.15) is 0 Å². The van der Waals surface area contributed by atoms with Crippen LogP contribution in [-0.4, -0.2) is 44.0 Å². The van der Waals surface area contributed by atoms with Gasteiger partial charge >= 0.3 is 0 Å². The summed E-state index contributed by atoms with van der Waals surface area (Å²) in [6.45, 7) is 3.25. The predicted molar refractivity (Wildman–Crippen MR) is 118 cm³/mol. The van der Waals surface area contributed by atoms with Crippen molar-refractivity contribution in [1.82, 2.24) is 25.0 Å². The van der Waals surface area contributed by atoms with Gasteiger partial charge < -0.3 is 9.42 Å². The van der Waals surface area contributed by atoms with Crippen LogP contribution in [0.15, 0.2) is 58.7 Å². The maximum Gasteiger partial charge on any atom is 0.263 e. The molecule has 31 heavy (non-hydrogen) atoms. The second kappa shape index (κ2) is 8.39. The second-order valence-corrected chi connectivity index (χ2v) is 8.56. The Bertz CT molecular complexity index is 1190. The van der Waals surface area contributed by atoms with Crippen molar-refractivity contribution in [2.45, 2.75) is 25.7 Å². The van der Waals surface area contributed by atoms with Crippen molar-refractivity contribution in [2.75, 3.05) is 13.1 Å². The zero-order valence-corrected chi connectivity index (χ0v) is 17.9. The molecule has 5 heterocycles. The summed E-state index contributed by atoms with van der Waals surface area (Å²) in [5.41, 5.74) is 3.20. The van der Waals surface area contributed by atoms with E-state index >= 15 is 0 Å². The molecule has 1 amide bonds. The molecule has 0 radical (unpaired) electrons. The highest BCUT2D eigenvalue weighted by molar-refractivity contribution is 7.12. The van der Waals surface area contributed by atoms with Gasteiger partial charge in [-0.15, -0.1) is 11.3 Å². The molecular weight excluding hydrogens is 410 g/mol. The van der Waals surface area contributed by atoms with E-state index in [9.17, 15) is 4.79 Å². The molecule has 1 aliphatic rings. The van der Waals surface area contributed by atoms with Crippen LogP contribution in [0.3, 0.4) is 0 Å². The van der Waals surface area contributed by atoms with Gasteiger partial charge in [-0.1, -0.05) is 17.3 Å². The lowest BCUT2D eigenvalue weighted by Gasteiger charge is -2.33. The highest BCUT2D eigenvalue weighted by Crippen LogP contribution is 2.35. The van der Waals surface area contributed by atoms with Gasteiger partial charge in [0.15, 0.2) is 11.6 Å². The van der Waals surface area contributed by atoms with Crippen LogP contribution in [0.5, 0.6) is 0 Å². The molecule has 0 N–H and O–H groups in total. The van der Waals surface area contributed by atoms with E-state index in [1.54, 1.807) is 12.4 Å². The van der Waals surface area contributed by atoms with Crippen molar-refractivity contribution in [3.8, 4) is 22.8 Å². The standard InChI is InChI=1S/C23H21N5O2S/c1-15-12-19(30-27-15)17-13-25-22(18-7-2-3-9-24-18)26-21(17)16-6-4-10-28(14-16)23(29)20-8-5-11-31-20/h2-3,5,7-9,11-13,16H,4,6,10,14H2,1H3. The zero-order valence-electron chi connectivity index (χ0n) is 17.1. The Morgan fingerprint density at radius 1 is 1.23 bits per heavy atom. The minimum Gasteiger partial charge on any atom is -0.356 e. The molecule has 0 aliphatic carbocycles. The molecule has 156 valence electrons. The van der Waals surface area contributed by atoms with E-state index in [0.29, 0.717) is 23.8 Å². The van der Waals surface area contributed by atoms with Crippen molar-refractivity contribution in [1.29, 1.82) is 0 Å². The highest BCUT2D eigenvalue weighted by Gasteiger charge is 2.30. The van der Waals surface area contributed by atoms with Gasteiger partial charge in [0.25, 0.3) is 5.91 Å². The Labute approximate surface area is 183 Å². The first-order chi connectivity index (χ1) is 15.2. The molecule has 1 fully saturated rings. The molecule has 0 aromatic carbocycles. The molecule has 0 saturated carbocycles. The Kier molecular flexibility index (Phi) is 5.30. The minimum atomic E-state index is 0.0727. The van der Waals surface area contributed by atoms with Gasteiger partial charge in [-0.3, -0.25) is 9.78 Å². The van der Waals surface area contributed by atoms with Crippen molar-refractivity contribution < 1.29 is 9.32 Å². The van der Waals surface area contributed by atoms with E-state index in [-0.39, 0.29) is 11.8 Å². The number of piperidine rings is 1. The minimum absolute atomic E-state index is 0.0727. The molecule has 1 aliphatic heterocycles. The number of likely N-dealkylation sites (tertiary alicyclic amines) is 1. The molecule has 5 rings (SSSR count). The Hall–Kier alpha value is -3.39. The summed E-state index contributed by atoms with van der Waals surface area (Å²) in [5, 5.41) is 5.96. The fourth-order valence-electron chi connectivity index (χ4n) is 3.95. The number of hydrogen-bond donors (Lipinski definition) is 0. The smallest absolute Gasteiger partial charge is 0.263 e. The van der Waals surface area contributed by atoms with Gasteiger partial charge in [0, 0.05) is 37.5 Å². The van der Waals surface area contributed by atoms with E-state index in [1.807, 2.05) is 53.6 Å². The van der Waals surface area contributed by atoms with E-state index in [1.165, 1.54) is 11.3 Å². The summed E-state index contributed by atoms with van der Waals surface area (Å²) in [5.74, 6) is 1.36. The van der Waals surface area contributed by atoms with Gasteiger partial charge in [0.2, 0.25) is 0 Å². The summed E-state index contributed by atoms with van der Waals surface area (Å²) in [6.07, 6.45) is 5.37. The first-order valence-electron chi connectivity index (χ1n) is 10.2.